The molecule has 0 radical (unpaired) electrons. The second-order valence-electron chi connectivity index (χ2n) is 7.25. The predicted molar refractivity (Wildman–Crippen MR) is 82.8 cm³/mol. The minimum Gasteiger partial charge on any atom is -0.392 e. The quantitative estimate of drug-likeness (QED) is 0.885. The van der Waals surface area contributed by atoms with Crippen LogP contribution in [0.1, 0.15) is 62.8 Å². The van der Waals surface area contributed by atoms with Gasteiger partial charge in [-0.05, 0) is 55.7 Å². The molecule has 2 aliphatic rings. The third-order valence-electron chi connectivity index (χ3n) is 5.54. The molecule has 3 rings (SSSR count). The van der Waals surface area contributed by atoms with Crippen molar-refractivity contribution in [2.75, 3.05) is 0 Å². The Kier molecular flexibility index (Phi) is 3.64. The number of hydrogen-bond acceptors (Lipinski definition) is 2. The highest BCUT2D eigenvalue weighted by Gasteiger charge is 2.47. The molecule has 3 unspecified atom stereocenters. The number of hydrogen-bond donors (Lipinski definition) is 2. The molecule has 3 atom stereocenters. The monoisotopic (exact) mass is 273 g/mol. The van der Waals surface area contributed by atoms with Crippen LogP contribution in [0.4, 0.5) is 0 Å². The maximum atomic E-state index is 9.85. The lowest BCUT2D eigenvalue weighted by Crippen LogP contribution is -2.60. The molecule has 1 saturated carbocycles. The Bertz CT molecular complexity index is 494. The van der Waals surface area contributed by atoms with Crippen LogP contribution in [-0.2, 0) is 12.8 Å². The standard InChI is InChI=1S/C18H27NO/c1-12(19-16-11-17(20)18(16,2)3)14-9-8-13-6-4-5-7-15(13)10-14/h8-10,12,16-17,19-20H,4-7,11H2,1-3H3. The van der Waals surface area contributed by atoms with Gasteiger partial charge in [0.25, 0.3) is 0 Å². The fraction of sp³-hybridized carbons (Fsp3) is 0.667. The predicted octanol–water partition coefficient (Wildman–Crippen LogP) is 3.38. The molecule has 0 spiro atoms. The summed E-state index contributed by atoms with van der Waals surface area (Å²) in [6.07, 6.45) is 5.88. The van der Waals surface area contributed by atoms with Crippen molar-refractivity contribution in [3.63, 3.8) is 0 Å². The van der Waals surface area contributed by atoms with Crippen LogP contribution in [0, 0.1) is 5.41 Å². The third-order valence-corrected chi connectivity index (χ3v) is 5.54. The summed E-state index contributed by atoms with van der Waals surface area (Å²) in [4.78, 5) is 0. The summed E-state index contributed by atoms with van der Waals surface area (Å²) in [6, 6.07) is 7.78. The zero-order valence-corrected chi connectivity index (χ0v) is 12.9. The first-order valence-corrected chi connectivity index (χ1v) is 8.04. The smallest absolute Gasteiger partial charge is 0.0621 e. The fourth-order valence-electron chi connectivity index (χ4n) is 3.61. The second-order valence-corrected chi connectivity index (χ2v) is 7.25. The van der Waals surface area contributed by atoms with E-state index in [1.54, 1.807) is 11.1 Å². The Labute approximate surface area is 122 Å². The first-order chi connectivity index (χ1) is 9.48. The van der Waals surface area contributed by atoms with E-state index < -0.39 is 0 Å². The van der Waals surface area contributed by atoms with E-state index in [0.29, 0.717) is 12.1 Å². The summed E-state index contributed by atoms with van der Waals surface area (Å²) in [5.41, 5.74) is 4.49. The summed E-state index contributed by atoms with van der Waals surface area (Å²) in [5.74, 6) is 0. The van der Waals surface area contributed by atoms with E-state index in [1.165, 1.54) is 31.2 Å². The number of aryl methyl sites for hydroxylation is 2. The van der Waals surface area contributed by atoms with Crippen LogP contribution in [0.5, 0.6) is 0 Å². The molecule has 0 aliphatic heterocycles. The van der Waals surface area contributed by atoms with Crippen molar-refractivity contribution in [3.8, 4) is 0 Å². The number of fused-ring (bicyclic) bond motifs is 1. The van der Waals surface area contributed by atoms with E-state index in [-0.39, 0.29) is 11.5 Å². The highest BCUT2D eigenvalue weighted by atomic mass is 16.3. The largest absolute Gasteiger partial charge is 0.392 e. The molecule has 0 bridgehead atoms. The molecule has 20 heavy (non-hydrogen) atoms. The number of aliphatic hydroxyl groups excluding tert-OH is 1. The molecule has 1 aromatic rings. The van der Waals surface area contributed by atoms with Crippen LogP contribution in [0.15, 0.2) is 18.2 Å². The van der Waals surface area contributed by atoms with Gasteiger partial charge in [-0.1, -0.05) is 32.0 Å². The Hall–Kier alpha value is -0.860. The van der Waals surface area contributed by atoms with Gasteiger partial charge in [-0.25, -0.2) is 0 Å². The molecule has 0 aromatic heterocycles. The summed E-state index contributed by atoms with van der Waals surface area (Å²) in [5, 5.41) is 13.5. The zero-order valence-electron chi connectivity index (χ0n) is 12.9. The first-order valence-electron chi connectivity index (χ1n) is 8.04. The third kappa shape index (κ3) is 2.40. The van der Waals surface area contributed by atoms with E-state index in [2.05, 4.69) is 44.3 Å². The average molecular weight is 273 g/mol. The summed E-state index contributed by atoms with van der Waals surface area (Å²) in [6.45, 7) is 6.54. The molecule has 110 valence electrons. The lowest BCUT2D eigenvalue weighted by atomic mass is 9.64. The first kappa shape index (κ1) is 14.1. The van der Waals surface area contributed by atoms with E-state index >= 15 is 0 Å². The number of nitrogens with one attached hydrogen (secondary N) is 1. The van der Waals surface area contributed by atoms with Gasteiger partial charge in [0.05, 0.1) is 6.10 Å². The van der Waals surface area contributed by atoms with Gasteiger partial charge in [0.1, 0.15) is 0 Å². The van der Waals surface area contributed by atoms with Gasteiger partial charge < -0.3 is 10.4 Å². The van der Waals surface area contributed by atoms with Crippen molar-refractivity contribution >= 4 is 0 Å². The van der Waals surface area contributed by atoms with E-state index in [1.807, 2.05) is 0 Å². The number of aliphatic hydroxyl groups is 1. The fourth-order valence-corrected chi connectivity index (χ4v) is 3.61. The summed E-state index contributed by atoms with van der Waals surface area (Å²) < 4.78 is 0. The SMILES string of the molecule is CC(NC1CC(O)C1(C)C)c1ccc2c(c1)CCCC2. The van der Waals surface area contributed by atoms with E-state index in [4.69, 9.17) is 0 Å². The van der Waals surface area contributed by atoms with E-state index in [9.17, 15) is 5.11 Å². The van der Waals surface area contributed by atoms with Crippen molar-refractivity contribution < 1.29 is 5.11 Å². The second kappa shape index (κ2) is 5.16. The Morgan fingerprint density at radius 3 is 2.55 bits per heavy atom. The normalized spacial score (nSPS) is 29.4. The van der Waals surface area contributed by atoms with Crippen LogP contribution in [0.25, 0.3) is 0 Å². The van der Waals surface area contributed by atoms with Crippen LogP contribution >= 0.6 is 0 Å². The summed E-state index contributed by atoms with van der Waals surface area (Å²) >= 11 is 0. The number of rotatable bonds is 3. The van der Waals surface area contributed by atoms with Gasteiger partial charge in [-0.2, -0.15) is 0 Å². The van der Waals surface area contributed by atoms with Crippen LogP contribution in [0.2, 0.25) is 0 Å². The molecule has 2 nitrogen and oxygen atoms in total. The topological polar surface area (TPSA) is 32.3 Å². The molecular weight excluding hydrogens is 246 g/mol. The summed E-state index contributed by atoms with van der Waals surface area (Å²) in [7, 11) is 0. The van der Waals surface area contributed by atoms with Crippen molar-refractivity contribution in [2.24, 2.45) is 5.41 Å². The molecule has 0 heterocycles. The molecule has 2 N–H and O–H groups in total. The van der Waals surface area contributed by atoms with Gasteiger partial charge in [0.2, 0.25) is 0 Å². The Morgan fingerprint density at radius 1 is 1.20 bits per heavy atom. The molecule has 0 saturated heterocycles. The highest BCUT2D eigenvalue weighted by molar-refractivity contribution is 5.35. The average Bonchev–Trinajstić information content (AvgIpc) is 2.46. The van der Waals surface area contributed by atoms with Crippen molar-refractivity contribution in [1.82, 2.24) is 5.32 Å². The van der Waals surface area contributed by atoms with Gasteiger partial charge in [-0.3, -0.25) is 0 Å². The van der Waals surface area contributed by atoms with Crippen LogP contribution < -0.4 is 5.32 Å². The highest BCUT2D eigenvalue weighted by Crippen LogP contribution is 2.41. The van der Waals surface area contributed by atoms with Crippen molar-refractivity contribution in [3.05, 3.63) is 34.9 Å². The van der Waals surface area contributed by atoms with Crippen LogP contribution in [-0.4, -0.2) is 17.3 Å². The van der Waals surface area contributed by atoms with Gasteiger partial charge >= 0.3 is 0 Å². The molecule has 2 aliphatic carbocycles. The minimum absolute atomic E-state index is 0.00245. The maximum absolute atomic E-state index is 9.85. The van der Waals surface area contributed by atoms with Gasteiger partial charge in [0, 0.05) is 17.5 Å². The molecule has 1 fully saturated rings. The number of benzene rings is 1. The van der Waals surface area contributed by atoms with Gasteiger partial charge in [0.15, 0.2) is 0 Å². The zero-order chi connectivity index (χ0) is 14.3. The maximum Gasteiger partial charge on any atom is 0.0621 e. The Morgan fingerprint density at radius 2 is 1.90 bits per heavy atom. The Balaban J connectivity index is 1.70. The molecule has 2 heteroatoms. The van der Waals surface area contributed by atoms with Gasteiger partial charge in [-0.15, -0.1) is 0 Å². The lowest BCUT2D eigenvalue weighted by Gasteiger charge is -2.50. The lowest BCUT2D eigenvalue weighted by molar-refractivity contribution is -0.0754. The van der Waals surface area contributed by atoms with Crippen LogP contribution in [0.3, 0.4) is 0 Å². The van der Waals surface area contributed by atoms with Crippen molar-refractivity contribution in [1.29, 1.82) is 0 Å². The molecular formula is C18H27NO. The van der Waals surface area contributed by atoms with Crippen molar-refractivity contribution in [2.45, 2.75) is 71.1 Å². The van der Waals surface area contributed by atoms with E-state index in [0.717, 1.165) is 6.42 Å². The molecule has 1 aromatic carbocycles. The minimum atomic E-state index is -0.157. The molecule has 0 amide bonds.